The van der Waals surface area contributed by atoms with Gasteiger partial charge in [-0.25, -0.2) is 4.79 Å². The lowest BCUT2D eigenvalue weighted by Crippen LogP contribution is -2.42. The van der Waals surface area contributed by atoms with Crippen LogP contribution >= 0.6 is 15.9 Å². The van der Waals surface area contributed by atoms with E-state index in [9.17, 15) is 14.4 Å². The minimum Gasteiger partial charge on any atom is -0.444 e. The average molecular weight is 319 g/mol. The van der Waals surface area contributed by atoms with Crippen LogP contribution in [0, 0.1) is 0 Å². The van der Waals surface area contributed by atoms with Gasteiger partial charge in [-0.1, -0.05) is 15.9 Å². The minimum absolute atomic E-state index is 0.193. The second-order valence-electron chi connectivity index (χ2n) is 4.07. The van der Waals surface area contributed by atoms with Crippen molar-refractivity contribution < 1.29 is 9.53 Å². The first kappa shape index (κ1) is 14.7. The van der Waals surface area contributed by atoms with Crippen LogP contribution in [0.1, 0.15) is 32.4 Å². The normalized spacial score (nSPS) is 10.7. The van der Waals surface area contributed by atoms with Crippen LogP contribution in [0.15, 0.2) is 15.8 Å². The van der Waals surface area contributed by atoms with E-state index in [1.165, 1.54) is 17.7 Å². The summed E-state index contributed by atoms with van der Waals surface area (Å²) in [5.74, 6) is -0.482. The summed E-state index contributed by atoms with van der Waals surface area (Å²) in [6.45, 7) is 4.56. The second-order valence-corrected chi connectivity index (χ2v) is 4.63. The third-order valence-corrected chi connectivity index (χ3v) is 2.93. The third-order valence-electron chi connectivity index (χ3n) is 2.32. The minimum atomic E-state index is -0.485. The molecule has 6 nitrogen and oxygen atoms in total. The topological polar surface area (TPSA) is 70.3 Å². The van der Waals surface area contributed by atoms with E-state index in [1.54, 1.807) is 13.8 Å². The van der Waals surface area contributed by atoms with E-state index in [2.05, 4.69) is 15.9 Å². The van der Waals surface area contributed by atoms with E-state index in [1.807, 2.05) is 0 Å². The predicted molar refractivity (Wildman–Crippen MR) is 69.7 cm³/mol. The molecule has 1 rings (SSSR count). The van der Waals surface area contributed by atoms with Crippen LogP contribution in [0.4, 0.5) is 0 Å². The molecular weight excluding hydrogens is 304 g/mol. The summed E-state index contributed by atoms with van der Waals surface area (Å²) in [5, 5.41) is 0.332. The van der Waals surface area contributed by atoms with Crippen molar-refractivity contribution in [2.45, 2.75) is 38.9 Å². The van der Waals surface area contributed by atoms with E-state index >= 15 is 0 Å². The fourth-order valence-corrected chi connectivity index (χ4v) is 1.86. The molecule has 0 unspecified atom stereocenters. The van der Waals surface area contributed by atoms with Crippen molar-refractivity contribution in [3.63, 3.8) is 0 Å². The Bertz CT molecular complexity index is 559. The number of alkyl halides is 1. The van der Waals surface area contributed by atoms with Crippen molar-refractivity contribution in [3.05, 3.63) is 32.6 Å². The molecule has 0 aliphatic carbocycles. The molecule has 0 atom stereocenters. The van der Waals surface area contributed by atoms with Gasteiger partial charge in [0.1, 0.15) is 0 Å². The number of halogens is 1. The highest BCUT2D eigenvalue weighted by molar-refractivity contribution is 9.08. The maximum atomic E-state index is 12.0. The van der Waals surface area contributed by atoms with Gasteiger partial charge >= 0.3 is 11.7 Å². The third kappa shape index (κ3) is 3.10. The average Bonchev–Trinajstić information content (AvgIpc) is 2.27. The number of esters is 1. The number of hydrogen-bond donors (Lipinski definition) is 0. The number of aromatic nitrogens is 2. The fourth-order valence-electron chi connectivity index (χ4n) is 1.48. The van der Waals surface area contributed by atoms with Crippen LogP contribution < -0.4 is 11.2 Å². The molecule has 0 aliphatic heterocycles. The molecule has 1 aromatic rings. The molecule has 0 saturated heterocycles. The Morgan fingerprint density at radius 2 is 2.06 bits per heavy atom. The largest absolute Gasteiger partial charge is 0.444 e. The predicted octanol–water partition coefficient (Wildman–Crippen LogP) is 1.01. The van der Waals surface area contributed by atoms with Gasteiger partial charge in [-0.15, -0.1) is 0 Å². The number of nitrogens with zero attached hydrogens (tertiary/aromatic N) is 2. The Labute approximate surface area is 112 Å². The first-order valence-corrected chi connectivity index (χ1v) is 6.54. The van der Waals surface area contributed by atoms with Crippen LogP contribution in [0.2, 0.25) is 0 Å². The quantitative estimate of drug-likeness (QED) is 0.613. The van der Waals surface area contributed by atoms with E-state index < -0.39 is 11.7 Å². The molecule has 0 aliphatic rings. The number of rotatable bonds is 4. The van der Waals surface area contributed by atoms with Crippen molar-refractivity contribution in [2.75, 3.05) is 0 Å². The zero-order chi connectivity index (χ0) is 13.9. The monoisotopic (exact) mass is 318 g/mol. The first-order chi connectivity index (χ1) is 8.38. The smallest absolute Gasteiger partial charge is 0.333 e. The summed E-state index contributed by atoms with van der Waals surface area (Å²) in [7, 11) is 0. The number of ether oxygens (including phenoxy) is 1. The van der Waals surface area contributed by atoms with Gasteiger partial charge in [0.15, 0.2) is 6.73 Å². The maximum absolute atomic E-state index is 12.0. The van der Waals surface area contributed by atoms with Crippen LogP contribution in [-0.4, -0.2) is 15.1 Å². The van der Waals surface area contributed by atoms with Gasteiger partial charge in [0.25, 0.3) is 5.56 Å². The molecule has 18 heavy (non-hydrogen) atoms. The summed E-state index contributed by atoms with van der Waals surface area (Å²) < 4.78 is 7.12. The molecule has 100 valence electrons. The van der Waals surface area contributed by atoms with Crippen molar-refractivity contribution in [1.29, 1.82) is 0 Å². The lowest BCUT2D eigenvalue weighted by molar-refractivity contribution is -0.144. The number of hydrogen-bond acceptors (Lipinski definition) is 4. The molecule has 0 saturated carbocycles. The van der Waals surface area contributed by atoms with Crippen LogP contribution in [0.3, 0.4) is 0 Å². The van der Waals surface area contributed by atoms with Crippen molar-refractivity contribution >= 4 is 21.9 Å². The Morgan fingerprint density at radius 3 is 2.50 bits per heavy atom. The first-order valence-electron chi connectivity index (χ1n) is 5.42. The van der Waals surface area contributed by atoms with Gasteiger partial charge in [-0.3, -0.25) is 18.7 Å². The fraction of sp³-hybridized carbons (Fsp3) is 0.545. The Kier molecular flexibility index (Phi) is 4.89. The molecule has 0 amide bonds. The van der Waals surface area contributed by atoms with Crippen molar-refractivity contribution in [2.24, 2.45) is 0 Å². The van der Waals surface area contributed by atoms with E-state index in [-0.39, 0.29) is 18.3 Å². The molecular formula is C11H15BrN2O4. The molecule has 7 heteroatoms. The zero-order valence-electron chi connectivity index (χ0n) is 10.5. The van der Waals surface area contributed by atoms with E-state index in [0.717, 1.165) is 4.57 Å². The molecule has 0 N–H and O–H groups in total. The molecule has 0 spiro atoms. The standard InChI is InChI=1S/C11H15BrN2O4/c1-7(2)14-10(16)9(4-12)5-13(11(14)17)6-18-8(3)15/h5,7H,4,6H2,1-3H3. The van der Waals surface area contributed by atoms with E-state index in [4.69, 9.17) is 4.74 Å². The van der Waals surface area contributed by atoms with Crippen molar-refractivity contribution in [1.82, 2.24) is 9.13 Å². The lowest BCUT2D eigenvalue weighted by atomic mass is 10.3. The van der Waals surface area contributed by atoms with Gasteiger partial charge < -0.3 is 4.74 Å². The van der Waals surface area contributed by atoms with Crippen LogP contribution in [0.25, 0.3) is 0 Å². The highest BCUT2D eigenvalue weighted by atomic mass is 79.9. The van der Waals surface area contributed by atoms with Gasteiger partial charge in [0.2, 0.25) is 0 Å². The number of carbonyl (C=O) groups excluding carboxylic acids is 1. The molecule has 0 fully saturated rings. The SMILES string of the molecule is CC(=O)OCn1cc(CBr)c(=O)n(C(C)C)c1=O. The summed E-state index contributed by atoms with van der Waals surface area (Å²) in [6.07, 6.45) is 1.40. The molecule has 1 aromatic heterocycles. The van der Waals surface area contributed by atoms with E-state index in [0.29, 0.717) is 10.9 Å². The van der Waals surface area contributed by atoms with Gasteiger partial charge in [0, 0.05) is 30.1 Å². The van der Waals surface area contributed by atoms with Crippen LogP contribution in [0.5, 0.6) is 0 Å². The number of carbonyl (C=O) groups is 1. The lowest BCUT2D eigenvalue weighted by Gasteiger charge is -2.14. The zero-order valence-corrected chi connectivity index (χ0v) is 12.1. The molecule has 0 radical (unpaired) electrons. The molecule has 0 aromatic carbocycles. The van der Waals surface area contributed by atoms with Crippen molar-refractivity contribution in [3.8, 4) is 0 Å². The second kappa shape index (κ2) is 5.99. The van der Waals surface area contributed by atoms with Gasteiger partial charge in [0.05, 0.1) is 0 Å². The Balaban J connectivity index is 3.36. The Hall–Kier alpha value is -1.37. The molecule has 0 bridgehead atoms. The summed E-state index contributed by atoms with van der Waals surface area (Å²) in [6, 6.07) is -0.257. The summed E-state index contributed by atoms with van der Waals surface area (Å²) >= 11 is 3.19. The highest BCUT2D eigenvalue weighted by Crippen LogP contribution is 2.01. The maximum Gasteiger partial charge on any atom is 0.333 e. The van der Waals surface area contributed by atoms with Gasteiger partial charge in [-0.05, 0) is 13.8 Å². The molecule has 1 heterocycles. The highest BCUT2D eigenvalue weighted by Gasteiger charge is 2.13. The van der Waals surface area contributed by atoms with Crippen LogP contribution in [-0.2, 0) is 21.6 Å². The summed E-state index contributed by atoms with van der Waals surface area (Å²) in [5.41, 5.74) is -0.373. The summed E-state index contributed by atoms with van der Waals surface area (Å²) in [4.78, 5) is 34.7. The Morgan fingerprint density at radius 1 is 1.44 bits per heavy atom. The van der Waals surface area contributed by atoms with Gasteiger partial charge in [-0.2, -0.15) is 0 Å².